The molecule has 0 aliphatic heterocycles. The van der Waals surface area contributed by atoms with Crippen molar-refractivity contribution in [3.05, 3.63) is 53.6 Å². The van der Waals surface area contributed by atoms with E-state index in [9.17, 15) is 18.0 Å². The van der Waals surface area contributed by atoms with E-state index in [-0.39, 0.29) is 18.0 Å². The minimum absolute atomic E-state index is 0.0543. The Balaban J connectivity index is 1.64. The van der Waals surface area contributed by atoms with E-state index >= 15 is 0 Å². The van der Waals surface area contributed by atoms with Crippen LogP contribution in [-0.2, 0) is 24.3 Å². The van der Waals surface area contributed by atoms with Gasteiger partial charge in [-0.15, -0.1) is 0 Å². The van der Waals surface area contributed by atoms with E-state index in [0.717, 1.165) is 16.9 Å². The molecule has 0 unspecified atom stereocenters. The van der Waals surface area contributed by atoms with E-state index in [1.807, 2.05) is 13.8 Å². The first-order valence-corrected chi connectivity index (χ1v) is 11.5. The van der Waals surface area contributed by atoms with Gasteiger partial charge in [0.05, 0.1) is 18.0 Å². The maximum atomic E-state index is 12.3. The van der Waals surface area contributed by atoms with Crippen LogP contribution in [0.25, 0.3) is 0 Å². The standard InChI is InChI=1S/C22H28N2O7S/c1-4-29-18-6-8-19(9-7-18)30-12-11-23-21(25)15-31-22(26)14-24-32(27,28)20-10-5-16(2)17(3)13-20/h5-10,13,24H,4,11-12,14-15H2,1-3H3,(H,23,25). The van der Waals surface area contributed by atoms with E-state index in [4.69, 9.17) is 14.2 Å². The fraction of sp³-hybridized carbons (Fsp3) is 0.364. The summed E-state index contributed by atoms with van der Waals surface area (Å²) >= 11 is 0. The third kappa shape index (κ3) is 8.20. The van der Waals surface area contributed by atoms with E-state index in [2.05, 4.69) is 10.0 Å². The van der Waals surface area contributed by atoms with Crippen molar-refractivity contribution in [3.63, 3.8) is 0 Å². The average Bonchev–Trinajstić information content (AvgIpc) is 2.77. The molecule has 0 fully saturated rings. The number of hydrogen-bond acceptors (Lipinski definition) is 7. The molecular weight excluding hydrogens is 436 g/mol. The number of nitrogens with one attached hydrogen (secondary N) is 2. The molecule has 32 heavy (non-hydrogen) atoms. The fourth-order valence-electron chi connectivity index (χ4n) is 2.52. The van der Waals surface area contributed by atoms with E-state index < -0.39 is 35.1 Å². The molecule has 0 saturated carbocycles. The second kappa shape index (κ2) is 12.1. The van der Waals surface area contributed by atoms with Crippen molar-refractivity contribution in [1.82, 2.24) is 10.0 Å². The number of hydrogen-bond donors (Lipinski definition) is 2. The predicted molar refractivity (Wildman–Crippen MR) is 118 cm³/mol. The zero-order chi connectivity index (χ0) is 23.6. The summed E-state index contributed by atoms with van der Waals surface area (Å²) in [7, 11) is -3.86. The van der Waals surface area contributed by atoms with Gasteiger partial charge in [0, 0.05) is 0 Å². The third-order valence-corrected chi connectivity index (χ3v) is 5.79. The van der Waals surface area contributed by atoms with Gasteiger partial charge in [-0.05, 0) is 68.3 Å². The van der Waals surface area contributed by atoms with Crippen molar-refractivity contribution in [1.29, 1.82) is 0 Å². The lowest BCUT2D eigenvalue weighted by Gasteiger charge is -2.10. The number of aryl methyl sites for hydroxylation is 2. The fourth-order valence-corrected chi connectivity index (χ4v) is 3.58. The van der Waals surface area contributed by atoms with Gasteiger partial charge in [0.2, 0.25) is 10.0 Å². The van der Waals surface area contributed by atoms with Crippen LogP contribution in [0, 0.1) is 13.8 Å². The number of carbonyl (C=O) groups excluding carboxylic acids is 2. The summed E-state index contributed by atoms with van der Waals surface area (Å²) < 4.78 is 42.3. The zero-order valence-corrected chi connectivity index (χ0v) is 19.2. The summed E-state index contributed by atoms with van der Waals surface area (Å²) in [5.41, 5.74) is 1.78. The molecule has 0 bridgehead atoms. The molecule has 2 N–H and O–H groups in total. The second-order valence-corrected chi connectivity index (χ2v) is 8.60. The average molecular weight is 465 g/mol. The molecule has 174 valence electrons. The lowest BCUT2D eigenvalue weighted by atomic mass is 10.1. The van der Waals surface area contributed by atoms with Gasteiger partial charge in [-0.25, -0.2) is 8.42 Å². The zero-order valence-electron chi connectivity index (χ0n) is 18.3. The lowest BCUT2D eigenvalue weighted by Crippen LogP contribution is -2.35. The summed E-state index contributed by atoms with van der Waals surface area (Å²) in [5, 5.41) is 2.55. The molecule has 0 aliphatic carbocycles. The highest BCUT2D eigenvalue weighted by Crippen LogP contribution is 2.17. The SMILES string of the molecule is CCOc1ccc(OCCNC(=O)COC(=O)CNS(=O)(=O)c2ccc(C)c(C)c2)cc1. The van der Waals surface area contributed by atoms with Crippen molar-refractivity contribution >= 4 is 21.9 Å². The van der Waals surface area contributed by atoms with Crippen molar-refractivity contribution in [2.24, 2.45) is 0 Å². The summed E-state index contributed by atoms with van der Waals surface area (Å²) in [6.45, 7) is 5.48. The molecule has 0 aromatic heterocycles. The summed E-state index contributed by atoms with van der Waals surface area (Å²) in [6.07, 6.45) is 0. The first-order chi connectivity index (χ1) is 15.2. The number of carbonyl (C=O) groups is 2. The number of amides is 1. The van der Waals surface area contributed by atoms with Gasteiger partial charge in [-0.1, -0.05) is 6.07 Å². The number of esters is 1. The van der Waals surface area contributed by atoms with Crippen LogP contribution in [0.3, 0.4) is 0 Å². The van der Waals surface area contributed by atoms with Gasteiger partial charge in [0.15, 0.2) is 6.61 Å². The highest BCUT2D eigenvalue weighted by Gasteiger charge is 2.17. The van der Waals surface area contributed by atoms with E-state index in [0.29, 0.717) is 12.4 Å². The Kier molecular flexibility index (Phi) is 9.48. The Morgan fingerprint density at radius 2 is 1.59 bits per heavy atom. The predicted octanol–water partition coefficient (Wildman–Crippen LogP) is 1.72. The number of sulfonamides is 1. The minimum atomic E-state index is -3.86. The topological polar surface area (TPSA) is 120 Å². The number of ether oxygens (including phenoxy) is 3. The van der Waals surface area contributed by atoms with Crippen LogP contribution in [0.4, 0.5) is 0 Å². The molecule has 2 aromatic rings. The Bertz CT molecular complexity index is 1020. The quantitative estimate of drug-likeness (QED) is 0.362. The highest BCUT2D eigenvalue weighted by atomic mass is 32.2. The first-order valence-electron chi connectivity index (χ1n) is 10.1. The van der Waals surface area contributed by atoms with Crippen LogP contribution in [0.5, 0.6) is 11.5 Å². The molecule has 0 atom stereocenters. The smallest absolute Gasteiger partial charge is 0.321 e. The van der Waals surface area contributed by atoms with Gasteiger partial charge in [0.25, 0.3) is 5.91 Å². The maximum Gasteiger partial charge on any atom is 0.321 e. The van der Waals surface area contributed by atoms with Gasteiger partial charge in [-0.3, -0.25) is 9.59 Å². The Hall–Kier alpha value is -3.11. The highest BCUT2D eigenvalue weighted by molar-refractivity contribution is 7.89. The molecule has 10 heteroatoms. The summed E-state index contributed by atoms with van der Waals surface area (Å²) in [5.74, 6) is -0.0136. The molecule has 0 radical (unpaired) electrons. The van der Waals surface area contributed by atoms with Crippen LogP contribution < -0.4 is 19.5 Å². The Labute approximate surface area is 188 Å². The van der Waals surface area contributed by atoms with E-state index in [1.165, 1.54) is 12.1 Å². The van der Waals surface area contributed by atoms with Crippen molar-refractivity contribution in [2.45, 2.75) is 25.7 Å². The Morgan fingerprint density at radius 3 is 2.22 bits per heavy atom. The second-order valence-electron chi connectivity index (χ2n) is 6.83. The maximum absolute atomic E-state index is 12.3. The van der Waals surface area contributed by atoms with Crippen LogP contribution in [0.2, 0.25) is 0 Å². The third-order valence-electron chi connectivity index (χ3n) is 4.39. The summed E-state index contributed by atoms with van der Waals surface area (Å²) in [6, 6.07) is 11.7. The molecule has 2 rings (SSSR count). The van der Waals surface area contributed by atoms with Crippen LogP contribution in [0.15, 0.2) is 47.4 Å². The van der Waals surface area contributed by atoms with Crippen LogP contribution >= 0.6 is 0 Å². The molecule has 9 nitrogen and oxygen atoms in total. The summed E-state index contributed by atoms with van der Waals surface area (Å²) in [4.78, 5) is 23.6. The lowest BCUT2D eigenvalue weighted by molar-refractivity contribution is -0.147. The largest absolute Gasteiger partial charge is 0.494 e. The van der Waals surface area contributed by atoms with Crippen molar-refractivity contribution < 1.29 is 32.2 Å². The molecule has 0 aliphatic rings. The normalized spacial score (nSPS) is 11.0. The molecule has 2 aromatic carbocycles. The number of rotatable bonds is 12. The van der Waals surface area contributed by atoms with Gasteiger partial charge >= 0.3 is 5.97 Å². The monoisotopic (exact) mass is 464 g/mol. The van der Waals surface area contributed by atoms with E-state index in [1.54, 1.807) is 37.3 Å². The molecule has 0 heterocycles. The molecule has 0 saturated heterocycles. The number of benzene rings is 2. The van der Waals surface area contributed by atoms with Crippen LogP contribution in [0.1, 0.15) is 18.1 Å². The van der Waals surface area contributed by atoms with Crippen molar-refractivity contribution in [2.75, 3.05) is 32.9 Å². The van der Waals surface area contributed by atoms with Gasteiger partial charge in [-0.2, -0.15) is 4.72 Å². The molecule has 0 spiro atoms. The van der Waals surface area contributed by atoms with Crippen molar-refractivity contribution in [3.8, 4) is 11.5 Å². The minimum Gasteiger partial charge on any atom is -0.494 e. The van der Waals surface area contributed by atoms with Gasteiger partial charge < -0.3 is 19.5 Å². The Morgan fingerprint density at radius 1 is 0.938 bits per heavy atom. The molecular formula is C22H28N2O7S. The molecule has 1 amide bonds. The van der Waals surface area contributed by atoms with Crippen LogP contribution in [-0.4, -0.2) is 53.2 Å². The van der Waals surface area contributed by atoms with Gasteiger partial charge in [0.1, 0.15) is 24.7 Å². The first kappa shape index (κ1) is 25.2.